The highest BCUT2D eigenvalue weighted by Gasteiger charge is 2.01. The lowest BCUT2D eigenvalue weighted by molar-refractivity contribution is 0.570. The maximum Gasteiger partial charge on any atom is 0.191 e. The van der Waals surface area contributed by atoms with Gasteiger partial charge in [-0.2, -0.15) is 5.10 Å². The van der Waals surface area contributed by atoms with Crippen molar-refractivity contribution in [1.82, 2.24) is 25.4 Å². The highest BCUT2D eigenvalue weighted by molar-refractivity contribution is 14.0. The molecule has 0 aromatic carbocycles. The van der Waals surface area contributed by atoms with Gasteiger partial charge in [0.05, 0.1) is 12.7 Å². The summed E-state index contributed by atoms with van der Waals surface area (Å²) in [4.78, 5) is 9.76. The predicted octanol–water partition coefficient (Wildman–Crippen LogP) is 2.33. The number of hydrogen-bond donors (Lipinski definition) is 2. The van der Waals surface area contributed by atoms with Gasteiger partial charge in [-0.05, 0) is 25.8 Å². The van der Waals surface area contributed by atoms with E-state index in [9.17, 15) is 0 Å². The van der Waals surface area contributed by atoms with E-state index in [-0.39, 0.29) is 24.0 Å². The zero-order valence-electron chi connectivity index (χ0n) is 13.2. The van der Waals surface area contributed by atoms with Crippen LogP contribution in [0, 0.1) is 13.8 Å². The van der Waals surface area contributed by atoms with Gasteiger partial charge in [-0.15, -0.1) is 35.3 Å². The zero-order chi connectivity index (χ0) is 15.1. The summed E-state index contributed by atoms with van der Waals surface area (Å²) in [5.74, 6) is 0.805. The third-order valence-corrected chi connectivity index (χ3v) is 3.83. The lowest BCUT2D eigenvalue weighted by atomic mass is 10.4. The summed E-state index contributed by atoms with van der Waals surface area (Å²) in [7, 11) is 1.78. The van der Waals surface area contributed by atoms with Gasteiger partial charge in [0.1, 0.15) is 5.01 Å². The van der Waals surface area contributed by atoms with Crippen LogP contribution in [0.2, 0.25) is 0 Å². The molecule has 0 saturated heterocycles. The second-order valence-electron chi connectivity index (χ2n) is 4.85. The normalized spacial score (nSPS) is 11.1. The standard InChI is InChI=1S/C14H22N6S.HI/c1-11-7-19-20(10-11)6-4-5-16-14(15-3)18-9-13-17-8-12(2)21-13;/h7-8,10H,4-6,9H2,1-3H3,(H2,15,16,18);1H. The first kappa shape index (κ1) is 18.9. The molecule has 0 aliphatic rings. The largest absolute Gasteiger partial charge is 0.356 e. The van der Waals surface area contributed by atoms with Crippen molar-refractivity contribution in [2.45, 2.75) is 33.4 Å². The molecule has 0 spiro atoms. The molecule has 22 heavy (non-hydrogen) atoms. The molecule has 0 fully saturated rings. The van der Waals surface area contributed by atoms with Crippen LogP contribution in [-0.4, -0.2) is 34.3 Å². The minimum absolute atomic E-state index is 0. The monoisotopic (exact) mass is 434 g/mol. The summed E-state index contributed by atoms with van der Waals surface area (Å²) in [5.41, 5.74) is 1.19. The van der Waals surface area contributed by atoms with Crippen molar-refractivity contribution in [2.75, 3.05) is 13.6 Å². The van der Waals surface area contributed by atoms with E-state index in [1.165, 1.54) is 10.4 Å². The van der Waals surface area contributed by atoms with E-state index in [0.717, 1.165) is 30.5 Å². The Kier molecular flexibility index (Phi) is 8.39. The molecule has 8 heteroatoms. The number of halogens is 1. The maximum atomic E-state index is 4.32. The van der Waals surface area contributed by atoms with Crippen molar-refractivity contribution in [3.8, 4) is 0 Å². The third-order valence-electron chi connectivity index (χ3n) is 2.92. The van der Waals surface area contributed by atoms with E-state index < -0.39 is 0 Å². The number of aliphatic imine (C=N–C) groups is 1. The molecule has 0 bridgehead atoms. The van der Waals surface area contributed by atoms with Crippen LogP contribution in [0.5, 0.6) is 0 Å². The molecule has 0 radical (unpaired) electrons. The molecule has 0 amide bonds. The van der Waals surface area contributed by atoms with E-state index in [4.69, 9.17) is 0 Å². The second-order valence-corrected chi connectivity index (χ2v) is 6.17. The van der Waals surface area contributed by atoms with Crippen LogP contribution in [-0.2, 0) is 13.1 Å². The van der Waals surface area contributed by atoms with Crippen LogP contribution in [0.25, 0.3) is 0 Å². The van der Waals surface area contributed by atoms with Gasteiger partial charge in [0.2, 0.25) is 0 Å². The fourth-order valence-electron chi connectivity index (χ4n) is 1.90. The predicted molar refractivity (Wildman–Crippen MR) is 102 cm³/mol. The summed E-state index contributed by atoms with van der Waals surface area (Å²) < 4.78 is 1.96. The molecule has 122 valence electrons. The minimum Gasteiger partial charge on any atom is -0.356 e. The minimum atomic E-state index is 0. The number of rotatable bonds is 6. The Hall–Kier alpha value is -1.16. The van der Waals surface area contributed by atoms with Gasteiger partial charge >= 0.3 is 0 Å². The highest BCUT2D eigenvalue weighted by atomic mass is 127. The molecule has 2 N–H and O–H groups in total. The fraction of sp³-hybridized carbons (Fsp3) is 0.500. The number of thiazole rings is 1. The van der Waals surface area contributed by atoms with Crippen LogP contribution in [0.1, 0.15) is 21.9 Å². The fourth-order valence-corrected chi connectivity index (χ4v) is 2.63. The third kappa shape index (κ3) is 6.30. The number of aromatic nitrogens is 3. The zero-order valence-corrected chi connectivity index (χ0v) is 16.3. The van der Waals surface area contributed by atoms with E-state index in [0.29, 0.717) is 6.54 Å². The Labute approximate surface area is 152 Å². The summed E-state index contributed by atoms with van der Waals surface area (Å²) in [6, 6.07) is 0. The SMILES string of the molecule is CN=C(NCCCn1cc(C)cn1)NCc1ncc(C)s1.I. The number of nitrogens with zero attached hydrogens (tertiary/aromatic N) is 4. The van der Waals surface area contributed by atoms with E-state index in [2.05, 4.69) is 38.8 Å². The smallest absolute Gasteiger partial charge is 0.191 e. The molecular formula is C14H23IN6S. The van der Waals surface area contributed by atoms with Gasteiger partial charge in [-0.25, -0.2) is 4.98 Å². The maximum absolute atomic E-state index is 4.32. The molecule has 6 nitrogen and oxygen atoms in total. The van der Waals surface area contributed by atoms with Gasteiger partial charge in [-0.3, -0.25) is 9.67 Å². The molecule has 0 saturated carbocycles. The first-order chi connectivity index (χ1) is 10.2. The van der Waals surface area contributed by atoms with Gasteiger partial charge in [0.15, 0.2) is 5.96 Å². The Balaban J connectivity index is 0.00000242. The quantitative estimate of drug-likeness (QED) is 0.317. The van der Waals surface area contributed by atoms with E-state index in [1.807, 2.05) is 24.0 Å². The van der Waals surface area contributed by atoms with Crippen LogP contribution in [0.3, 0.4) is 0 Å². The highest BCUT2D eigenvalue weighted by Crippen LogP contribution is 2.10. The Bertz CT molecular complexity index is 592. The average Bonchev–Trinajstić information content (AvgIpc) is 3.07. The lowest BCUT2D eigenvalue weighted by Gasteiger charge is -2.10. The van der Waals surface area contributed by atoms with Crippen molar-refractivity contribution < 1.29 is 0 Å². The van der Waals surface area contributed by atoms with E-state index in [1.54, 1.807) is 18.4 Å². The number of guanidine groups is 1. The number of aryl methyl sites for hydroxylation is 3. The molecule has 2 heterocycles. The van der Waals surface area contributed by atoms with Gasteiger partial charge in [0, 0.05) is 37.4 Å². The number of hydrogen-bond acceptors (Lipinski definition) is 4. The summed E-state index contributed by atoms with van der Waals surface area (Å²) in [6.45, 7) is 6.58. The van der Waals surface area contributed by atoms with Gasteiger partial charge < -0.3 is 10.6 Å². The first-order valence-electron chi connectivity index (χ1n) is 7.02. The van der Waals surface area contributed by atoms with E-state index >= 15 is 0 Å². The molecule has 2 aromatic heterocycles. The molecule has 0 aliphatic heterocycles. The van der Waals surface area contributed by atoms with Crippen LogP contribution < -0.4 is 10.6 Å². The lowest BCUT2D eigenvalue weighted by Crippen LogP contribution is -2.37. The van der Waals surface area contributed by atoms with Crippen molar-refractivity contribution in [1.29, 1.82) is 0 Å². The second kappa shape index (κ2) is 9.78. The summed E-state index contributed by atoms with van der Waals surface area (Å²) in [6.07, 6.45) is 6.82. The van der Waals surface area contributed by atoms with Crippen molar-refractivity contribution in [2.24, 2.45) is 4.99 Å². The Morgan fingerprint density at radius 1 is 1.32 bits per heavy atom. The molecule has 0 aliphatic carbocycles. The van der Waals surface area contributed by atoms with Gasteiger partial charge in [-0.1, -0.05) is 0 Å². The Morgan fingerprint density at radius 2 is 2.14 bits per heavy atom. The summed E-state index contributed by atoms with van der Waals surface area (Å²) in [5, 5.41) is 11.9. The van der Waals surface area contributed by atoms with Crippen molar-refractivity contribution in [3.63, 3.8) is 0 Å². The van der Waals surface area contributed by atoms with Crippen LogP contribution >= 0.6 is 35.3 Å². The first-order valence-corrected chi connectivity index (χ1v) is 7.84. The molecule has 2 aromatic rings. The van der Waals surface area contributed by atoms with Crippen LogP contribution in [0.15, 0.2) is 23.6 Å². The van der Waals surface area contributed by atoms with Crippen molar-refractivity contribution >= 4 is 41.3 Å². The summed E-state index contributed by atoms with van der Waals surface area (Å²) >= 11 is 1.70. The number of nitrogens with one attached hydrogen (secondary N) is 2. The van der Waals surface area contributed by atoms with Gasteiger partial charge in [0.25, 0.3) is 0 Å². The topological polar surface area (TPSA) is 67.1 Å². The molecule has 0 unspecified atom stereocenters. The van der Waals surface area contributed by atoms with Crippen LogP contribution in [0.4, 0.5) is 0 Å². The average molecular weight is 434 g/mol. The molecule has 2 rings (SSSR count). The molecule has 0 atom stereocenters. The molecular weight excluding hydrogens is 411 g/mol. The van der Waals surface area contributed by atoms with Crippen molar-refractivity contribution in [3.05, 3.63) is 34.0 Å². The Morgan fingerprint density at radius 3 is 2.73 bits per heavy atom.